The van der Waals surface area contributed by atoms with Crippen LogP contribution in [-0.2, 0) is 20.8 Å². The van der Waals surface area contributed by atoms with Gasteiger partial charge in [-0.05, 0) is 48.7 Å². The number of anilines is 1. The number of carboxylic acids is 1. The van der Waals surface area contributed by atoms with Crippen LogP contribution in [0.25, 0.3) is 0 Å². The van der Waals surface area contributed by atoms with E-state index in [1.165, 1.54) is 24.0 Å². The number of hydrogen-bond donors (Lipinski definition) is 1. The van der Waals surface area contributed by atoms with Gasteiger partial charge in [0, 0.05) is 5.69 Å². The van der Waals surface area contributed by atoms with E-state index in [1.807, 2.05) is 31.2 Å². The number of nitrogens with zero attached hydrogens (tertiary/aromatic N) is 1. The average molecular weight is 394 g/mol. The van der Waals surface area contributed by atoms with Crippen LogP contribution in [0.4, 0.5) is 5.69 Å². The minimum atomic E-state index is -1.35. The molecule has 0 spiro atoms. The number of hydrogen-bond acceptors (Lipinski definition) is 6. The van der Waals surface area contributed by atoms with Crippen molar-refractivity contribution < 1.29 is 29.3 Å². The zero-order valence-electron chi connectivity index (χ0n) is 16.0. The number of ether oxygens (including phenoxy) is 1. The summed E-state index contributed by atoms with van der Waals surface area (Å²) in [6.07, 6.45) is 0.849. The third-order valence-electron chi connectivity index (χ3n) is 4.76. The number of rotatable bonds is 7. The molecular formula is C22H20NO6-. The Balaban J connectivity index is 2.00. The number of carboxylic acid groups (broad SMARTS) is 1. The Labute approximate surface area is 167 Å². The fraction of sp³-hybridized carbons (Fsp3) is 0.227. The molecule has 0 aliphatic carbocycles. The summed E-state index contributed by atoms with van der Waals surface area (Å²) in [6.45, 7) is 2.75. The molecule has 0 saturated heterocycles. The van der Waals surface area contributed by atoms with Crippen LogP contribution in [0.3, 0.4) is 0 Å². The van der Waals surface area contributed by atoms with E-state index in [0.717, 1.165) is 12.0 Å². The molecule has 0 fully saturated rings. The van der Waals surface area contributed by atoms with Crippen molar-refractivity contribution in [1.29, 1.82) is 0 Å². The molecule has 2 aromatic rings. The van der Waals surface area contributed by atoms with Crippen LogP contribution in [0, 0.1) is 0 Å². The summed E-state index contributed by atoms with van der Waals surface area (Å²) in [4.78, 5) is 36.8. The van der Waals surface area contributed by atoms with Crippen LogP contribution in [0.1, 0.15) is 31.0 Å². The Hall–Kier alpha value is -3.61. The van der Waals surface area contributed by atoms with Crippen LogP contribution in [0.2, 0.25) is 0 Å². The molecule has 29 heavy (non-hydrogen) atoms. The molecule has 0 saturated carbocycles. The second kappa shape index (κ2) is 8.18. The minimum Gasteiger partial charge on any atom is -0.546 e. The summed E-state index contributed by atoms with van der Waals surface area (Å²) in [5, 5.41) is 20.9. The molecule has 7 nitrogen and oxygen atoms in total. The minimum absolute atomic E-state index is 0.0385. The fourth-order valence-electron chi connectivity index (χ4n) is 3.33. The van der Waals surface area contributed by atoms with E-state index in [4.69, 9.17) is 4.74 Å². The maximum Gasteiger partial charge on any atom is 0.294 e. The second-order valence-corrected chi connectivity index (χ2v) is 6.65. The first-order valence-electron chi connectivity index (χ1n) is 9.12. The lowest BCUT2D eigenvalue weighted by Crippen LogP contribution is -2.31. The number of aryl methyl sites for hydroxylation is 1. The van der Waals surface area contributed by atoms with Gasteiger partial charge in [-0.1, -0.05) is 31.2 Å². The van der Waals surface area contributed by atoms with E-state index in [0.29, 0.717) is 11.3 Å². The summed E-state index contributed by atoms with van der Waals surface area (Å²) in [5.74, 6) is -2.70. The number of aliphatic carboxylic acids is 1. The molecule has 1 heterocycles. The lowest BCUT2D eigenvalue weighted by Gasteiger charge is -2.27. The van der Waals surface area contributed by atoms with Crippen LogP contribution < -0.4 is 14.7 Å². The van der Waals surface area contributed by atoms with Gasteiger partial charge in [-0.2, -0.15) is 0 Å². The van der Waals surface area contributed by atoms with Crippen molar-refractivity contribution in [3.05, 3.63) is 71.0 Å². The van der Waals surface area contributed by atoms with Gasteiger partial charge < -0.3 is 19.7 Å². The van der Waals surface area contributed by atoms with Crippen molar-refractivity contribution in [1.82, 2.24) is 0 Å². The van der Waals surface area contributed by atoms with Gasteiger partial charge >= 0.3 is 0 Å². The summed E-state index contributed by atoms with van der Waals surface area (Å²) >= 11 is 0. The van der Waals surface area contributed by atoms with Gasteiger partial charge in [-0.3, -0.25) is 14.5 Å². The first-order chi connectivity index (χ1) is 13.8. The molecule has 1 N–H and O–H groups in total. The highest BCUT2D eigenvalue weighted by Crippen LogP contribution is 2.41. The maximum atomic E-state index is 12.8. The number of benzene rings is 2. The number of Topliss-reactive ketones (excluding diaryl/α,β-unsaturated/α-hetero) is 1. The Morgan fingerprint density at radius 2 is 1.72 bits per heavy atom. The molecule has 1 amide bonds. The predicted molar refractivity (Wildman–Crippen MR) is 103 cm³/mol. The van der Waals surface area contributed by atoms with E-state index in [2.05, 4.69) is 0 Å². The van der Waals surface area contributed by atoms with Gasteiger partial charge in [-0.15, -0.1) is 0 Å². The summed E-state index contributed by atoms with van der Waals surface area (Å²) in [7, 11) is 0. The third kappa shape index (κ3) is 3.99. The Kier molecular flexibility index (Phi) is 5.68. The number of ketones is 1. The van der Waals surface area contributed by atoms with Gasteiger partial charge in [-0.25, -0.2) is 0 Å². The van der Waals surface area contributed by atoms with Crippen LogP contribution in [0.5, 0.6) is 5.75 Å². The molecule has 2 aromatic carbocycles. The van der Waals surface area contributed by atoms with E-state index in [-0.39, 0.29) is 11.3 Å². The standard InChI is InChI=1S/C22H21NO6/c1-3-14-4-6-15(7-5-14)20-19(13(2)24)21(27)22(28)23(20)16-8-10-17(11-9-16)29-12-18(25)26/h4-11,20,27H,3,12H2,1-2H3,(H,25,26)/p-1/t20-/m1/s1. The summed E-state index contributed by atoms with van der Waals surface area (Å²) < 4.78 is 5.05. The number of aliphatic hydroxyl groups excluding tert-OH is 1. The maximum absolute atomic E-state index is 12.8. The molecular weight excluding hydrogens is 374 g/mol. The predicted octanol–water partition coefficient (Wildman–Crippen LogP) is 1.87. The molecule has 7 heteroatoms. The third-order valence-corrected chi connectivity index (χ3v) is 4.76. The van der Waals surface area contributed by atoms with E-state index < -0.39 is 36.1 Å². The first-order valence-corrected chi connectivity index (χ1v) is 9.12. The van der Waals surface area contributed by atoms with Crippen molar-refractivity contribution in [2.24, 2.45) is 0 Å². The van der Waals surface area contributed by atoms with Crippen LogP contribution in [0.15, 0.2) is 59.9 Å². The Morgan fingerprint density at radius 1 is 1.10 bits per heavy atom. The monoisotopic (exact) mass is 394 g/mol. The quantitative estimate of drug-likeness (QED) is 0.768. The van der Waals surface area contributed by atoms with E-state index >= 15 is 0 Å². The van der Waals surface area contributed by atoms with Gasteiger partial charge in [0.2, 0.25) is 0 Å². The van der Waals surface area contributed by atoms with E-state index in [9.17, 15) is 24.6 Å². The van der Waals surface area contributed by atoms with Crippen LogP contribution >= 0.6 is 0 Å². The van der Waals surface area contributed by atoms with Crippen molar-refractivity contribution in [2.45, 2.75) is 26.3 Å². The highest BCUT2D eigenvalue weighted by atomic mass is 16.5. The molecule has 3 rings (SSSR count). The van der Waals surface area contributed by atoms with Gasteiger partial charge in [0.05, 0.1) is 17.6 Å². The normalized spacial score (nSPS) is 16.3. The van der Waals surface area contributed by atoms with Crippen molar-refractivity contribution >= 4 is 23.3 Å². The zero-order chi connectivity index (χ0) is 21.1. The fourth-order valence-corrected chi connectivity index (χ4v) is 3.33. The van der Waals surface area contributed by atoms with Crippen LogP contribution in [-0.4, -0.2) is 29.4 Å². The molecule has 1 aliphatic rings. The smallest absolute Gasteiger partial charge is 0.294 e. The summed E-state index contributed by atoms with van der Waals surface area (Å²) in [6, 6.07) is 12.9. The van der Waals surface area contributed by atoms with E-state index in [1.54, 1.807) is 12.1 Å². The SMILES string of the molecule is CCc1ccc([C@@H]2C(C(C)=O)=C(O)C(=O)N2c2ccc(OCC(=O)[O-])cc2)cc1. The topological polar surface area (TPSA) is 107 Å². The molecule has 0 radical (unpaired) electrons. The molecule has 150 valence electrons. The Morgan fingerprint density at radius 3 is 2.24 bits per heavy atom. The van der Waals surface area contributed by atoms with Gasteiger partial charge in [0.25, 0.3) is 5.91 Å². The Bertz CT molecular complexity index is 975. The van der Waals surface area contributed by atoms with Gasteiger partial charge in [0.15, 0.2) is 11.5 Å². The number of carbonyl (C=O) groups excluding carboxylic acids is 3. The zero-order valence-corrected chi connectivity index (χ0v) is 16.0. The molecule has 1 aliphatic heterocycles. The highest BCUT2D eigenvalue weighted by Gasteiger charge is 2.43. The lowest BCUT2D eigenvalue weighted by molar-refractivity contribution is -0.307. The first kappa shape index (κ1) is 20.1. The average Bonchev–Trinajstić information content (AvgIpc) is 2.98. The highest BCUT2D eigenvalue weighted by molar-refractivity contribution is 6.16. The molecule has 0 bridgehead atoms. The number of aliphatic hydroxyl groups is 1. The number of carbonyl (C=O) groups is 3. The van der Waals surface area contributed by atoms with Crippen molar-refractivity contribution in [3.63, 3.8) is 0 Å². The van der Waals surface area contributed by atoms with Crippen molar-refractivity contribution in [2.75, 3.05) is 11.5 Å². The molecule has 0 unspecified atom stereocenters. The summed E-state index contributed by atoms with van der Waals surface area (Å²) in [5.41, 5.74) is 2.28. The van der Waals surface area contributed by atoms with Crippen molar-refractivity contribution in [3.8, 4) is 5.75 Å². The molecule has 1 atom stereocenters. The van der Waals surface area contributed by atoms with Gasteiger partial charge in [0.1, 0.15) is 12.4 Å². The molecule has 0 aromatic heterocycles. The number of amides is 1. The second-order valence-electron chi connectivity index (χ2n) is 6.65. The lowest BCUT2D eigenvalue weighted by atomic mass is 9.95. The largest absolute Gasteiger partial charge is 0.546 e.